The number of aromatic carboxylic acids is 1. The fourth-order valence-electron chi connectivity index (χ4n) is 4.78. The maximum atomic E-state index is 12.2. The van der Waals surface area contributed by atoms with Crippen LogP contribution in [-0.2, 0) is 0 Å². The van der Waals surface area contributed by atoms with Crippen molar-refractivity contribution in [1.82, 2.24) is 0 Å². The topological polar surface area (TPSA) is 84.6 Å². The first-order chi connectivity index (χ1) is 16.5. The van der Waals surface area contributed by atoms with E-state index in [1.165, 1.54) is 4.81 Å². The van der Waals surface area contributed by atoms with Gasteiger partial charge in [0, 0.05) is 32.8 Å². The highest BCUT2D eigenvalue weighted by atomic mass is 28.1. The predicted molar refractivity (Wildman–Crippen MR) is 138 cm³/mol. The first-order valence-electron chi connectivity index (χ1n) is 10.9. The first kappa shape index (κ1) is 20.4. The van der Waals surface area contributed by atoms with Gasteiger partial charge in [-0.1, -0.05) is 53.3 Å². The number of nitrogen functional groups attached to an aromatic ring is 1. The molecule has 164 valence electrons. The van der Waals surface area contributed by atoms with E-state index in [-0.39, 0.29) is 5.56 Å². The molecule has 1 aliphatic rings. The number of nitrogens with two attached hydrogens (primary N) is 1. The molecule has 0 aromatic heterocycles. The Morgan fingerprint density at radius 1 is 0.824 bits per heavy atom. The molecule has 1 heterocycles. The maximum absolute atomic E-state index is 12.2. The van der Waals surface area contributed by atoms with Crippen molar-refractivity contribution >= 4 is 48.6 Å². The summed E-state index contributed by atoms with van der Waals surface area (Å²) in [5.74, 6) is 6.10. The number of carbonyl (C=O) groups is 1. The Kier molecular flexibility index (Phi) is 4.58. The van der Waals surface area contributed by atoms with Gasteiger partial charge in [-0.05, 0) is 62.6 Å². The van der Waals surface area contributed by atoms with Crippen molar-refractivity contribution in [1.29, 1.82) is 0 Å². The van der Waals surface area contributed by atoms with E-state index in [0.717, 1.165) is 49.3 Å². The van der Waals surface area contributed by atoms with Gasteiger partial charge in [0.25, 0.3) is 0 Å². The highest BCUT2D eigenvalue weighted by Gasteiger charge is 2.26. The summed E-state index contributed by atoms with van der Waals surface area (Å²) in [7, 11) is 1.84. The molecule has 5 aromatic carbocycles. The monoisotopic (exact) mass is 460 g/mol. The van der Waals surface area contributed by atoms with Gasteiger partial charge < -0.3 is 15.3 Å². The van der Waals surface area contributed by atoms with Crippen LogP contribution in [0.3, 0.4) is 0 Å². The molecule has 5 aromatic rings. The Morgan fingerprint density at radius 3 is 2.38 bits per heavy atom. The molecule has 0 saturated carbocycles. The van der Waals surface area contributed by atoms with Crippen LogP contribution >= 0.6 is 0 Å². The van der Waals surface area contributed by atoms with Gasteiger partial charge in [0.05, 0.1) is 5.56 Å². The molecular weight excluding hydrogens is 440 g/mol. The van der Waals surface area contributed by atoms with Crippen LogP contribution in [0.5, 0.6) is 11.5 Å². The third-order valence-electron chi connectivity index (χ3n) is 6.34. The van der Waals surface area contributed by atoms with Gasteiger partial charge in [0.2, 0.25) is 0 Å². The van der Waals surface area contributed by atoms with Gasteiger partial charge in [-0.3, -0.25) is 5.84 Å². The predicted octanol–water partition coefficient (Wildman–Crippen LogP) is 4.21. The summed E-state index contributed by atoms with van der Waals surface area (Å²) in [5, 5.41) is 14.8. The van der Waals surface area contributed by atoms with Gasteiger partial charge in [0.1, 0.15) is 11.5 Å². The normalized spacial score (nSPS) is 12.2. The van der Waals surface area contributed by atoms with Crippen molar-refractivity contribution in [2.24, 2.45) is 5.84 Å². The zero-order chi connectivity index (χ0) is 23.4. The largest absolute Gasteiger partial charge is 0.478 e. The number of carboxylic acid groups (broad SMARTS) is 1. The quantitative estimate of drug-likeness (QED) is 0.209. The number of benzene rings is 5. The SMILES string of the molecule is NNc1ccc2c3c(ccc2c1)C(c1ccccc1C(=O)O)=c1ccc2cc(=[SiH2])ccc2c1O3. The van der Waals surface area contributed by atoms with Crippen molar-refractivity contribution in [2.75, 3.05) is 5.43 Å². The van der Waals surface area contributed by atoms with Gasteiger partial charge in [-0.2, -0.15) is 0 Å². The summed E-state index contributed by atoms with van der Waals surface area (Å²) in [6.07, 6.45) is 0. The fraction of sp³-hybridized carbons (Fsp3) is 0. The highest BCUT2D eigenvalue weighted by molar-refractivity contribution is 6.05. The third-order valence-corrected chi connectivity index (χ3v) is 6.78. The van der Waals surface area contributed by atoms with Crippen LogP contribution in [-0.4, -0.2) is 20.9 Å². The first-order valence-corrected chi connectivity index (χ1v) is 11.6. The van der Waals surface area contributed by atoms with Crippen LogP contribution in [0.4, 0.5) is 5.69 Å². The Balaban J connectivity index is 1.79. The number of ether oxygens (including phenoxy) is 1. The zero-order valence-electron chi connectivity index (χ0n) is 18.1. The molecule has 34 heavy (non-hydrogen) atoms. The van der Waals surface area contributed by atoms with E-state index in [0.29, 0.717) is 11.3 Å². The molecule has 1 aliphatic heterocycles. The molecule has 0 fully saturated rings. The lowest BCUT2D eigenvalue weighted by atomic mass is 9.87. The summed E-state index contributed by atoms with van der Waals surface area (Å²) in [6, 6.07) is 27.4. The average molecular weight is 461 g/mol. The van der Waals surface area contributed by atoms with Gasteiger partial charge in [-0.15, -0.1) is 0 Å². The Labute approximate surface area is 197 Å². The molecule has 6 heteroatoms. The second kappa shape index (κ2) is 7.66. The van der Waals surface area contributed by atoms with E-state index >= 15 is 0 Å². The summed E-state index contributed by atoms with van der Waals surface area (Å²) in [6.45, 7) is 0. The van der Waals surface area contributed by atoms with E-state index in [1.54, 1.807) is 12.1 Å². The molecule has 0 spiro atoms. The number of nitrogens with one attached hydrogen (secondary N) is 1. The Hall–Kier alpha value is -4.26. The van der Waals surface area contributed by atoms with E-state index in [2.05, 4.69) is 29.7 Å². The smallest absolute Gasteiger partial charge is 0.336 e. The van der Waals surface area contributed by atoms with Crippen LogP contribution in [0.2, 0.25) is 0 Å². The van der Waals surface area contributed by atoms with Crippen molar-refractivity contribution in [3.63, 3.8) is 0 Å². The summed E-state index contributed by atoms with van der Waals surface area (Å²) in [4.78, 5) is 13.3. The van der Waals surface area contributed by atoms with Crippen molar-refractivity contribution in [3.05, 3.63) is 112 Å². The van der Waals surface area contributed by atoms with E-state index in [9.17, 15) is 9.90 Å². The third kappa shape index (κ3) is 3.04. The number of hydrogen-bond acceptors (Lipinski definition) is 4. The van der Waals surface area contributed by atoms with Crippen molar-refractivity contribution < 1.29 is 14.6 Å². The molecule has 6 rings (SSSR count). The molecule has 0 radical (unpaired) electrons. The summed E-state index contributed by atoms with van der Waals surface area (Å²) >= 11 is 0. The molecule has 0 atom stereocenters. The number of rotatable bonds is 3. The second-order valence-corrected chi connectivity index (χ2v) is 9.16. The van der Waals surface area contributed by atoms with Crippen LogP contribution < -0.4 is 21.2 Å². The minimum Gasteiger partial charge on any atom is -0.478 e. The molecule has 4 N–H and O–H groups in total. The average Bonchev–Trinajstić information content (AvgIpc) is 2.86. The van der Waals surface area contributed by atoms with Crippen LogP contribution in [0, 0.1) is 4.81 Å². The number of hydrogen-bond donors (Lipinski definition) is 3. The van der Waals surface area contributed by atoms with Crippen LogP contribution in [0.15, 0.2) is 84.9 Å². The molecular formula is C28H20N2O3Si. The lowest BCUT2D eigenvalue weighted by molar-refractivity contribution is 0.0696. The molecule has 0 bridgehead atoms. The van der Waals surface area contributed by atoms with E-state index < -0.39 is 5.97 Å². The molecule has 0 unspecified atom stereocenters. The van der Waals surface area contributed by atoms with Crippen LogP contribution in [0.25, 0.3) is 27.1 Å². The molecule has 5 nitrogen and oxygen atoms in total. The van der Waals surface area contributed by atoms with Gasteiger partial charge in [0.15, 0.2) is 0 Å². The summed E-state index contributed by atoms with van der Waals surface area (Å²) in [5.41, 5.74) is 6.10. The van der Waals surface area contributed by atoms with Crippen molar-refractivity contribution in [2.45, 2.75) is 0 Å². The molecule has 0 amide bonds. The standard InChI is InChI=1S/C28H20N2O3Si/c29-30-17-7-11-19-15(13-17)5-9-23-25(21-3-1-2-4-22(21)28(31)32)24-10-6-16-14-18(34)8-12-20(16)27(24)33-26(19)23/h1-14,30H,29,34H2,(H,31,32). The fourth-order valence-corrected chi connectivity index (χ4v) is 5.12. The lowest BCUT2D eigenvalue weighted by Gasteiger charge is -2.24. The van der Waals surface area contributed by atoms with E-state index in [1.807, 2.05) is 58.4 Å². The zero-order valence-corrected chi connectivity index (χ0v) is 19.5. The van der Waals surface area contributed by atoms with E-state index in [4.69, 9.17) is 10.6 Å². The number of hydrazine groups is 1. The maximum Gasteiger partial charge on any atom is 0.336 e. The second-order valence-electron chi connectivity index (χ2n) is 8.35. The molecule has 0 aliphatic carbocycles. The number of anilines is 1. The highest BCUT2D eigenvalue weighted by Crippen LogP contribution is 2.43. The molecule has 0 saturated heterocycles. The van der Waals surface area contributed by atoms with Crippen LogP contribution in [0.1, 0.15) is 21.5 Å². The Bertz CT molecular complexity index is 1780. The minimum absolute atomic E-state index is 0.254. The lowest BCUT2D eigenvalue weighted by Crippen LogP contribution is -2.19. The number of carboxylic acids is 1. The summed E-state index contributed by atoms with van der Waals surface area (Å²) < 4.78 is 6.65. The Morgan fingerprint density at radius 2 is 1.56 bits per heavy atom. The minimum atomic E-state index is -0.963. The van der Waals surface area contributed by atoms with Gasteiger partial charge in [-0.25, -0.2) is 4.79 Å². The van der Waals surface area contributed by atoms with Gasteiger partial charge >= 0.3 is 5.97 Å². The number of fused-ring (bicyclic) bond motifs is 6. The van der Waals surface area contributed by atoms with Crippen molar-refractivity contribution in [3.8, 4) is 11.5 Å².